The SMILES string of the molecule is ClCCCCCc1ccccc1N1CC[N]CC1. The van der Waals surface area contributed by atoms with Crippen molar-refractivity contribution in [2.45, 2.75) is 25.7 Å². The molecule has 0 aliphatic carbocycles. The van der Waals surface area contributed by atoms with Gasteiger partial charge < -0.3 is 4.90 Å². The molecule has 0 bridgehead atoms. The molecule has 3 heteroatoms. The minimum Gasteiger partial charge on any atom is -0.369 e. The molecule has 18 heavy (non-hydrogen) atoms. The van der Waals surface area contributed by atoms with Crippen LogP contribution in [0.15, 0.2) is 24.3 Å². The summed E-state index contributed by atoms with van der Waals surface area (Å²) in [4.78, 5) is 2.48. The van der Waals surface area contributed by atoms with Crippen molar-refractivity contribution >= 4 is 17.3 Å². The van der Waals surface area contributed by atoms with Gasteiger partial charge in [0.15, 0.2) is 0 Å². The number of anilines is 1. The Kier molecular flexibility index (Phi) is 5.82. The maximum absolute atomic E-state index is 5.72. The minimum atomic E-state index is 0.787. The maximum Gasteiger partial charge on any atom is 0.0399 e. The largest absolute Gasteiger partial charge is 0.369 e. The van der Waals surface area contributed by atoms with E-state index in [9.17, 15) is 0 Å². The van der Waals surface area contributed by atoms with Crippen LogP contribution in [0, 0.1) is 0 Å². The van der Waals surface area contributed by atoms with Gasteiger partial charge in [0.25, 0.3) is 0 Å². The molecular formula is C15H22ClN2. The predicted molar refractivity (Wildman–Crippen MR) is 78.8 cm³/mol. The normalized spacial score (nSPS) is 15.9. The fourth-order valence-corrected chi connectivity index (χ4v) is 2.65. The van der Waals surface area contributed by atoms with Crippen molar-refractivity contribution in [2.24, 2.45) is 0 Å². The van der Waals surface area contributed by atoms with Crippen molar-refractivity contribution in [3.63, 3.8) is 0 Å². The minimum absolute atomic E-state index is 0.787. The van der Waals surface area contributed by atoms with Gasteiger partial charge in [0.1, 0.15) is 0 Å². The fraction of sp³-hybridized carbons (Fsp3) is 0.600. The maximum atomic E-state index is 5.72. The summed E-state index contributed by atoms with van der Waals surface area (Å²) in [6.07, 6.45) is 4.77. The zero-order valence-corrected chi connectivity index (χ0v) is 11.7. The number of aryl methyl sites for hydroxylation is 1. The lowest BCUT2D eigenvalue weighted by molar-refractivity contribution is 0.577. The first-order valence-corrected chi connectivity index (χ1v) is 7.47. The highest BCUT2D eigenvalue weighted by Crippen LogP contribution is 2.22. The average Bonchev–Trinajstić information content (AvgIpc) is 2.45. The molecule has 1 aliphatic rings. The third-order valence-corrected chi connectivity index (χ3v) is 3.74. The average molecular weight is 266 g/mol. The third-order valence-electron chi connectivity index (χ3n) is 3.47. The molecular weight excluding hydrogens is 244 g/mol. The number of halogens is 1. The molecule has 1 saturated heterocycles. The lowest BCUT2D eigenvalue weighted by Gasteiger charge is -2.30. The summed E-state index contributed by atoms with van der Waals surface area (Å²) >= 11 is 5.72. The van der Waals surface area contributed by atoms with Gasteiger partial charge >= 0.3 is 0 Å². The quantitative estimate of drug-likeness (QED) is 0.571. The van der Waals surface area contributed by atoms with E-state index in [4.69, 9.17) is 11.6 Å². The van der Waals surface area contributed by atoms with E-state index in [0.29, 0.717) is 0 Å². The molecule has 99 valence electrons. The smallest absolute Gasteiger partial charge is 0.0399 e. The standard InChI is InChI=1S/C15H22ClN2/c16-9-5-1-2-6-14-7-3-4-8-15(14)18-12-10-17-11-13-18/h3-4,7-8H,1-2,5-6,9-13H2. The van der Waals surface area contributed by atoms with Crippen LogP contribution >= 0.6 is 11.6 Å². The number of hydrogen-bond acceptors (Lipinski definition) is 1. The Morgan fingerprint density at radius 1 is 1.06 bits per heavy atom. The van der Waals surface area contributed by atoms with Crippen molar-refractivity contribution < 1.29 is 0 Å². The van der Waals surface area contributed by atoms with Gasteiger partial charge in [-0.2, -0.15) is 0 Å². The highest BCUT2D eigenvalue weighted by atomic mass is 35.5. The van der Waals surface area contributed by atoms with Gasteiger partial charge in [-0.3, -0.25) is 0 Å². The lowest BCUT2D eigenvalue weighted by Crippen LogP contribution is -2.40. The third kappa shape index (κ3) is 3.89. The van der Waals surface area contributed by atoms with E-state index >= 15 is 0 Å². The van der Waals surface area contributed by atoms with Gasteiger partial charge in [0, 0.05) is 37.7 Å². The second-order valence-electron chi connectivity index (χ2n) is 4.79. The van der Waals surface area contributed by atoms with E-state index in [1.165, 1.54) is 30.5 Å². The molecule has 0 N–H and O–H groups in total. The van der Waals surface area contributed by atoms with E-state index in [2.05, 4.69) is 34.5 Å². The van der Waals surface area contributed by atoms with Gasteiger partial charge in [0.05, 0.1) is 0 Å². The van der Waals surface area contributed by atoms with Crippen molar-refractivity contribution in [3.05, 3.63) is 29.8 Å². The molecule has 2 rings (SSSR count). The summed E-state index contributed by atoms with van der Waals surface area (Å²) in [5.41, 5.74) is 2.90. The number of hydrogen-bond donors (Lipinski definition) is 0. The van der Waals surface area contributed by atoms with Crippen molar-refractivity contribution in [2.75, 3.05) is 37.0 Å². The van der Waals surface area contributed by atoms with Gasteiger partial charge in [-0.05, 0) is 30.9 Å². The number of para-hydroxylation sites is 1. The molecule has 1 radical (unpaired) electrons. The van der Waals surface area contributed by atoms with Crippen LogP contribution in [0.1, 0.15) is 24.8 Å². The van der Waals surface area contributed by atoms with Gasteiger partial charge in [-0.25, -0.2) is 5.32 Å². The van der Waals surface area contributed by atoms with Crippen LogP contribution in [0.2, 0.25) is 0 Å². The Morgan fingerprint density at radius 3 is 2.61 bits per heavy atom. The molecule has 1 aliphatic heterocycles. The van der Waals surface area contributed by atoms with E-state index in [0.717, 1.165) is 38.5 Å². The lowest BCUT2D eigenvalue weighted by atomic mass is 10.0. The number of benzene rings is 1. The highest BCUT2D eigenvalue weighted by molar-refractivity contribution is 6.17. The molecule has 1 fully saturated rings. The van der Waals surface area contributed by atoms with Crippen LogP contribution < -0.4 is 10.2 Å². The van der Waals surface area contributed by atoms with Gasteiger partial charge in [0.2, 0.25) is 0 Å². The fourth-order valence-electron chi connectivity index (χ4n) is 2.46. The van der Waals surface area contributed by atoms with Crippen LogP contribution in [0.25, 0.3) is 0 Å². The van der Waals surface area contributed by atoms with Crippen molar-refractivity contribution in [1.82, 2.24) is 5.32 Å². The molecule has 1 aromatic rings. The zero-order valence-electron chi connectivity index (χ0n) is 10.9. The molecule has 0 saturated carbocycles. The Labute approximate surface area is 115 Å². The first kappa shape index (κ1) is 13.7. The van der Waals surface area contributed by atoms with E-state index in [-0.39, 0.29) is 0 Å². The van der Waals surface area contributed by atoms with Crippen LogP contribution in [0.3, 0.4) is 0 Å². The summed E-state index contributed by atoms with van der Waals surface area (Å²) in [5, 5.41) is 4.41. The molecule has 2 nitrogen and oxygen atoms in total. The summed E-state index contributed by atoms with van der Waals surface area (Å²) in [6, 6.07) is 8.81. The van der Waals surface area contributed by atoms with E-state index < -0.39 is 0 Å². The first-order chi connectivity index (χ1) is 8.92. The molecule has 1 heterocycles. The molecule has 0 unspecified atom stereocenters. The Morgan fingerprint density at radius 2 is 1.83 bits per heavy atom. The monoisotopic (exact) mass is 265 g/mol. The van der Waals surface area contributed by atoms with Gasteiger partial charge in [-0.15, -0.1) is 11.6 Å². The highest BCUT2D eigenvalue weighted by Gasteiger charge is 2.13. The number of alkyl halides is 1. The summed E-state index contributed by atoms with van der Waals surface area (Å²) in [7, 11) is 0. The second kappa shape index (κ2) is 7.65. The topological polar surface area (TPSA) is 17.3 Å². The van der Waals surface area contributed by atoms with Crippen LogP contribution in [0.4, 0.5) is 5.69 Å². The Hall–Kier alpha value is -0.730. The van der Waals surface area contributed by atoms with Crippen LogP contribution in [-0.4, -0.2) is 32.1 Å². The number of nitrogens with zero attached hydrogens (tertiary/aromatic N) is 2. The van der Waals surface area contributed by atoms with Crippen molar-refractivity contribution in [3.8, 4) is 0 Å². The molecule has 0 atom stereocenters. The van der Waals surface area contributed by atoms with E-state index in [1.54, 1.807) is 0 Å². The van der Waals surface area contributed by atoms with Crippen molar-refractivity contribution in [1.29, 1.82) is 0 Å². The predicted octanol–water partition coefficient (Wildman–Crippen LogP) is 3.06. The molecule has 1 aromatic carbocycles. The summed E-state index contributed by atoms with van der Waals surface area (Å²) < 4.78 is 0. The first-order valence-electron chi connectivity index (χ1n) is 6.94. The molecule has 0 spiro atoms. The summed E-state index contributed by atoms with van der Waals surface area (Å²) in [6.45, 7) is 4.08. The molecule has 0 aromatic heterocycles. The van der Waals surface area contributed by atoms with Gasteiger partial charge in [-0.1, -0.05) is 24.6 Å². The number of piperazine rings is 1. The zero-order chi connectivity index (χ0) is 12.6. The molecule has 0 amide bonds. The second-order valence-corrected chi connectivity index (χ2v) is 5.16. The Bertz CT molecular complexity index is 348. The van der Waals surface area contributed by atoms with Crippen LogP contribution in [-0.2, 0) is 6.42 Å². The number of unbranched alkanes of at least 4 members (excludes halogenated alkanes) is 2. The van der Waals surface area contributed by atoms with E-state index in [1.807, 2.05) is 0 Å². The summed E-state index contributed by atoms with van der Waals surface area (Å²) in [5.74, 6) is 0.787. The number of rotatable bonds is 6. The Balaban J connectivity index is 1.96. The van der Waals surface area contributed by atoms with Crippen LogP contribution in [0.5, 0.6) is 0 Å².